The fourth-order valence-electron chi connectivity index (χ4n) is 4.10. The maximum Gasteiger partial charge on any atom is 0.227 e. The first kappa shape index (κ1) is 21.1. The summed E-state index contributed by atoms with van der Waals surface area (Å²) in [6.07, 6.45) is 1.54. The van der Waals surface area contributed by atoms with Crippen molar-refractivity contribution in [3.63, 3.8) is 0 Å². The van der Waals surface area contributed by atoms with Crippen molar-refractivity contribution in [1.82, 2.24) is 25.0 Å². The molecule has 170 valence electrons. The highest BCUT2D eigenvalue weighted by Gasteiger charge is 2.21. The van der Waals surface area contributed by atoms with E-state index >= 15 is 0 Å². The molecular formula is C24H25FN6O2. The molecule has 2 aromatic carbocycles. The molecule has 0 atom stereocenters. The molecule has 0 bridgehead atoms. The fourth-order valence-corrected chi connectivity index (χ4v) is 4.10. The molecule has 1 N–H and O–H groups in total. The summed E-state index contributed by atoms with van der Waals surface area (Å²) in [5.41, 5.74) is 3.17. The zero-order valence-corrected chi connectivity index (χ0v) is 18.4. The third-order valence-corrected chi connectivity index (χ3v) is 5.96. The number of carbonyl (C=O) groups excluding carboxylic acids is 1. The summed E-state index contributed by atoms with van der Waals surface area (Å²) in [6.45, 7) is 4.60. The van der Waals surface area contributed by atoms with E-state index < -0.39 is 0 Å². The van der Waals surface area contributed by atoms with Crippen LogP contribution in [0.3, 0.4) is 0 Å². The first-order valence-electron chi connectivity index (χ1n) is 11.1. The lowest BCUT2D eigenvalue weighted by atomic mass is 10.1. The van der Waals surface area contributed by atoms with Gasteiger partial charge in [0.1, 0.15) is 5.82 Å². The molecule has 0 unspecified atom stereocenters. The van der Waals surface area contributed by atoms with Crippen LogP contribution in [0, 0.1) is 12.7 Å². The number of aromatic amines is 1. The number of fused-ring (bicyclic) bond motifs is 1. The highest BCUT2D eigenvalue weighted by molar-refractivity contribution is 5.78. The highest BCUT2D eigenvalue weighted by atomic mass is 19.1. The molecule has 1 amide bonds. The normalized spacial score (nSPS) is 14.6. The summed E-state index contributed by atoms with van der Waals surface area (Å²) in [6, 6.07) is 12.7. The number of amides is 1. The van der Waals surface area contributed by atoms with Gasteiger partial charge in [-0.25, -0.2) is 9.37 Å². The topological polar surface area (TPSA) is 91.2 Å². The number of rotatable bonds is 5. The fraction of sp³-hybridized carbons (Fsp3) is 0.333. The summed E-state index contributed by atoms with van der Waals surface area (Å²) in [4.78, 5) is 29.3. The van der Waals surface area contributed by atoms with E-state index in [4.69, 9.17) is 4.52 Å². The van der Waals surface area contributed by atoms with Crippen LogP contribution in [0.25, 0.3) is 22.4 Å². The van der Waals surface area contributed by atoms with E-state index in [-0.39, 0.29) is 11.7 Å². The van der Waals surface area contributed by atoms with Crippen LogP contribution in [-0.4, -0.2) is 57.1 Å². The number of benzene rings is 2. The zero-order valence-electron chi connectivity index (χ0n) is 18.4. The second kappa shape index (κ2) is 9.01. The van der Waals surface area contributed by atoms with Crippen molar-refractivity contribution < 1.29 is 13.7 Å². The Morgan fingerprint density at radius 3 is 2.85 bits per heavy atom. The Labute approximate surface area is 190 Å². The number of halogens is 1. The minimum Gasteiger partial charge on any atom is -0.341 e. The number of nitrogens with one attached hydrogen (secondary N) is 1. The molecule has 2 aromatic heterocycles. The maximum atomic E-state index is 13.5. The van der Waals surface area contributed by atoms with Crippen LogP contribution >= 0.6 is 0 Å². The van der Waals surface area contributed by atoms with Crippen LogP contribution in [0.2, 0.25) is 0 Å². The summed E-state index contributed by atoms with van der Waals surface area (Å²) in [5, 5.41) is 3.97. The van der Waals surface area contributed by atoms with E-state index in [9.17, 15) is 9.18 Å². The van der Waals surface area contributed by atoms with Crippen LogP contribution in [0.4, 0.5) is 10.3 Å². The SMILES string of the molecule is Cc1cc(-c2noc(CCC(=O)N3CCCN(c4nc5ccccc5[nH]4)CC3)n2)ccc1F. The molecule has 4 aromatic rings. The standard InChI is InChI=1S/C24H25FN6O2/c1-16-15-17(7-8-18(16)25)23-28-21(33-29-23)9-10-22(32)30-11-4-12-31(14-13-30)24-26-19-5-2-3-6-20(19)27-24/h2-3,5-8,15H,4,9-14H2,1H3,(H,26,27). The van der Waals surface area contributed by atoms with E-state index in [0.29, 0.717) is 48.8 Å². The molecule has 0 spiro atoms. The molecular weight excluding hydrogens is 423 g/mol. The second-order valence-electron chi connectivity index (χ2n) is 8.27. The van der Waals surface area contributed by atoms with Gasteiger partial charge in [-0.1, -0.05) is 17.3 Å². The number of hydrogen-bond acceptors (Lipinski definition) is 6. The number of nitrogens with zero attached hydrogens (tertiary/aromatic N) is 5. The smallest absolute Gasteiger partial charge is 0.227 e. The second-order valence-corrected chi connectivity index (χ2v) is 8.27. The molecule has 9 heteroatoms. The first-order valence-corrected chi connectivity index (χ1v) is 11.1. The Kier molecular flexibility index (Phi) is 5.77. The van der Waals surface area contributed by atoms with E-state index in [1.807, 2.05) is 29.2 Å². The van der Waals surface area contributed by atoms with Gasteiger partial charge in [-0.3, -0.25) is 4.79 Å². The van der Waals surface area contributed by atoms with Gasteiger partial charge in [-0.15, -0.1) is 0 Å². The Morgan fingerprint density at radius 2 is 2.00 bits per heavy atom. The number of anilines is 1. The highest BCUT2D eigenvalue weighted by Crippen LogP contribution is 2.21. The molecule has 33 heavy (non-hydrogen) atoms. The molecule has 5 rings (SSSR count). The molecule has 0 radical (unpaired) electrons. The van der Waals surface area contributed by atoms with Crippen molar-refractivity contribution in [2.24, 2.45) is 0 Å². The maximum absolute atomic E-state index is 13.5. The van der Waals surface area contributed by atoms with Crippen molar-refractivity contribution >= 4 is 22.9 Å². The average Bonchev–Trinajstić information content (AvgIpc) is 3.40. The zero-order chi connectivity index (χ0) is 22.8. The number of H-pyrrole nitrogens is 1. The summed E-state index contributed by atoms with van der Waals surface area (Å²) >= 11 is 0. The molecule has 1 saturated heterocycles. The van der Waals surface area contributed by atoms with Gasteiger partial charge in [0.2, 0.25) is 23.6 Å². The van der Waals surface area contributed by atoms with Gasteiger partial charge < -0.3 is 19.3 Å². The van der Waals surface area contributed by atoms with Gasteiger partial charge in [0.25, 0.3) is 0 Å². The monoisotopic (exact) mass is 448 g/mol. The summed E-state index contributed by atoms with van der Waals surface area (Å²) in [7, 11) is 0. The van der Waals surface area contributed by atoms with Gasteiger partial charge in [0, 0.05) is 44.6 Å². The van der Waals surface area contributed by atoms with E-state index in [1.165, 1.54) is 6.07 Å². The van der Waals surface area contributed by atoms with Crippen LogP contribution in [-0.2, 0) is 11.2 Å². The third kappa shape index (κ3) is 4.57. The number of hydrogen-bond donors (Lipinski definition) is 1. The lowest BCUT2D eigenvalue weighted by molar-refractivity contribution is -0.131. The van der Waals surface area contributed by atoms with E-state index in [2.05, 4.69) is 25.0 Å². The van der Waals surface area contributed by atoms with Crippen molar-refractivity contribution in [3.05, 3.63) is 59.7 Å². The number of para-hydroxylation sites is 2. The Hall–Kier alpha value is -3.75. The largest absolute Gasteiger partial charge is 0.341 e. The minimum absolute atomic E-state index is 0.0684. The molecule has 1 aliphatic heterocycles. The van der Waals surface area contributed by atoms with E-state index in [1.54, 1.807) is 19.1 Å². The lowest BCUT2D eigenvalue weighted by Crippen LogP contribution is -2.35. The summed E-state index contributed by atoms with van der Waals surface area (Å²) in [5.74, 6) is 1.44. The van der Waals surface area contributed by atoms with Gasteiger partial charge >= 0.3 is 0 Å². The molecule has 1 fully saturated rings. The third-order valence-electron chi connectivity index (χ3n) is 5.96. The van der Waals surface area contributed by atoms with Crippen molar-refractivity contribution in [2.45, 2.75) is 26.2 Å². The van der Waals surface area contributed by atoms with Crippen LogP contribution in [0.1, 0.15) is 24.3 Å². The lowest BCUT2D eigenvalue weighted by Gasteiger charge is -2.21. The van der Waals surface area contributed by atoms with Gasteiger partial charge in [-0.2, -0.15) is 4.98 Å². The van der Waals surface area contributed by atoms with Crippen molar-refractivity contribution in [1.29, 1.82) is 0 Å². The van der Waals surface area contributed by atoms with Gasteiger partial charge in [0.15, 0.2) is 0 Å². The first-order chi connectivity index (χ1) is 16.1. The molecule has 1 aliphatic rings. The number of imidazole rings is 1. The molecule has 0 saturated carbocycles. The quantitative estimate of drug-likeness (QED) is 0.500. The Balaban J connectivity index is 1.17. The number of aromatic nitrogens is 4. The van der Waals surface area contributed by atoms with Gasteiger partial charge in [0.05, 0.1) is 11.0 Å². The van der Waals surface area contributed by atoms with Crippen LogP contribution in [0.15, 0.2) is 47.0 Å². The molecule has 8 nitrogen and oxygen atoms in total. The Bertz CT molecular complexity index is 1250. The van der Waals surface area contributed by atoms with Crippen molar-refractivity contribution in [3.8, 4) is 11.4 Å². The van der Waals surface area contributed by atoms with E-state index in [0.717, 1.165) is 36.5 Å². The van der Waals surface area contributed by atoms with Crippen LogP contribution < -0.4 is 4.90 Å². The Morgan fingerprint density at radius 1 is 1.12 bits per heavy atom. The average molecular weight is 449 g/mol. The van der Waals surface area contributed by atoms with Crippen LogP contribution in [0.5, 0.6) is 0 Å². The molecule has 3 heterocycles. The predicted molar refractivity (Wildman–Crippen MR) is 122 cm³/mol. The van der Waals surface area contributed by atoms with Gasteiger partial charge in [-0.05, 0) is 49.2 Å². The predicted octanol–water partition coefficient (Wildman–Crippen LogP) is 3.73. The number of aryl methyl sites for hydroxylation is 2. The minimum atomic E-state index is -0.274. The summed E-state index contributed by atoms with van der Waals surface area (Å²) < 4.78 is 18.8. The number of carbonyl (C=O) groups is 1. The molecule has 0 aliphatic carbocycles. The van der Waals surface area contributed by atoms with Crippen molar-refractivity contribution in [2.75, 3.05) is 31.1 Å².